The van der Waals surface area contributed by atoms with Gasteiger partial charge in [-0.2, -0.15) is 0 Å². The first kappa shape index (κ1) is 19.4. The molecule has 0 unspecified atom stereocenters. The maximum Gasteiger partial charge on any atom is 0.265 e. The molecule has 0 aliphatic heterocycles. The van der Waals surface area contributed by atoms with E-state index < -0.39 is 6.10 Å². The molecule has 0 bridgehead atoms. The number of nitrogens with one attached hydrogen (secondary N) is 1. The van der Waals surface area contributed by atoms with Crippen LogP contribution in [0.5, 0.6) is 5.75 Å². The Kier molecular flexibility index (Phi) is 6.54. The highest BCUT2D eigenvalue weighted by molar-refractivity contribution is 7.99. The van der Waals surface area contributed by atoms with Crippen LogP contribution < -0.4 is 10.1 Å². The van der Waals surface area contributed by atoms with Crippen molar-refractivity contribution in [1.29, 1.82) is 0 Å². The molecule has 0 aliphatic rings. The van der Waals surface area contributed by atoms with Gasteiger partial charge in [-0.15, -0.1) is 11.8 Å². The van der Waals surface area contributed by atoms with Gasteiger partial charge in [0.25, 0.3) is 5.91 Å². The van der Waals surface area contributed by atoms with E-state index in [-0.39, 0.29) is 11.3 Å². The van der Waals surface area contributed by atoms with Crippen LogP contribution in [0.15, 0.2) is 53.4 Å². The van der Waals surface area contributed by atoms with Gasteiger partial charge in [0, 0.05) is 4.90 Å². The number of hydrogen-bond acceptors (Lipinski definition) is 3. The Balaban J connectivity index is 2.01. The molecule has 0 radical (unpaired) electrons. The van der Waals surface area contributed by atoms with Gasteiger partial charge in [0.05, 0.1) is 5.69 Å². The molecule has 0 saturated heterocycles. The van der Waals surface area contributed by atoms with Gasteiger partial charge in [-0.05, 0) is 47.9 Å². The molecule has 0 saturated carbocycles. The van der Waals surface area contributed by atoms with Crippen LogP contribution in [0.3, 0.4) is 0 Å². The van der Waals surface area contributed by atoms with E-state index in [0.717, 1.165) is 16.3 Å². The Hall–Kier alpha value is -1.94. The molecule has 0 aromatic heterocycles. The van der Waals surface area contributed by atoms with E-state index in [0.29, 0.717) is 5.75 Å². The Morgan fingerprint density at radius 3 is 2.36 bits per heavy atom. The van der Waals surface area contributed by atoms with E-state index in [9.17, 15) is 4.79 Å². The van der Waals surface area contributed by atoms with Crippen LogP contribution in [0.25, 0.3) is 0 Å². The van der Waals surface area contributed by atoms with Crippen LogP contribution in [0, 0.1) is 0 Å². The lowest BCUT2D eigenvalue weighted by molar-refractivity contribution is -0.122. The van der Waals surface area contributed by atoms with Gasteiger partial charge in [0.1, 0.15) is 5.75 Å². The topological polar surface area (TPSA) is 38.3 Å². The minimum atomic E-state index is -0.569. The number of hydrogen-bond donors (Lipinski definition) is 1. The highest BCUT2D eigenvalue weighted by Crippen LogP contribution is 2.27. The average molecular weight is 358 g/mol. The third-order valence-electron chi connectivity index (χ3n) is 3.85. The molecule has 0 heterocycles. The number of benzene rings is 2. The molecule has 1 atom stereocenters. The summed E-state index contributed by atoms with van der Waals surface area (Å²) in [5, 5.41) is 2.97. The lowest BCUT2D eigenvalue weighted by Gasteiger charge is -2.20. The number of carbonyl (C=O) groups excluding carboxylic acids is 1. The van der Waals surface area contributed by atoms with Crippen molar-refractivity contribution in [2.45, 2.75) is 51.0 Å². The van der Waals surface area contributed by atoms with E-state index in [1.807, 2.05) is 48.5 Å². The Bertz CT molecular complexity index is 705. The lowest BCUT2D eigenvalue weighted by atomic mass is 9.87. The fourth-order valence-electron chi connectivity index (χ4n) is 2.38. The summed E-state index contributed by atoms with van der Waals surface area (Å²) < 4.78 is 5.80. The van der Waals surface area contributed by atoms with Crippen molar-refractivity contribution in [3.8, 4) is 5.75 Å². The monoisotopic (exact) mass is 357 g/mol. The maximum absolute atomic E-state index is 12.5. The zero-order valence-electron chi connectivity index (χ0n) is 15.6. The second kappa shape index (κ2) is 8.43. The normalized spacial score (nSPS) is 12.5. The number of rotatable bonds is 6. The molecule has 2 aromatic carbocycles. The van der Waals surface area contributed by atoms with E-state index in [4.69, 9.17) is 4.74 Å². The standard InChI is InChI=1S/C21H27NO2S/c1-6-25-19-10-8-7-9-18(19)22-20(23)15(2)24-17-13-11-16(12-14-17)21(3,4)5/h7-15H,6H2,1-5H3,(H,22,23)/t15-/m0/s1. The number of amides is 1. The van der Waals surface area contributed by atoms with Crippen molar-refractivity contribution in [3.63, 3.8) is 0 Å². The second-order valence-corrected chi connectivity index (χ2v) is 8.26. The van der Waals surface area contributed by atoms with Gasteiger partial charge in [0.2, 0.25) is 0 Å². The van der Waals surface area contributed by atoms with E-state index in [1.165, 1.54) is 5.56 Å². The predicted octanol–water partition coefficient (Wildman–Crippen LogP) is 5.50. The highest BCUT2D eigenvalue weighted by atomic mass is 32.2. The number of carbonyl (C=O) groups is 1. The first-order valence-corrected chi connectivity index (χ1v) is 9.59. The summed E-state index contributed by atoms with van der Waals surface area (Å²) >= 11 is 1.71. The lowest BCUT2D eigenvalue weighted by Crippen LogP contribution is -2.30. The van der Waals surface area contributed by atoms with Crippen LogP contribution in [0.1, 0.15) is 40.2 Å². The number of anilines is 1. The van der Waals surface area contributed by atoms with Crippen molar-refractivity contribution in [2.24, 2.45) is 0 Å². The minimum absolute atomic E-state index is 0.0994. The largest absolute Gasteiger partial charge is 0.481 e. The molecule has 0 fully saturated rings. The van der Waals surface area contributed by atoms with Crippen LogP contribution >= 0.6 is 11.8 Å². The third kappa shape index (κ3) is 5.53. The van der Waals surface area contributed by atoms with Crippen molar-refractivity contribution in [1.82, 2.24) is 0 Å². The highest BCUT2D eigenvalue weighted by Gasteiger charge is 2.17. The van der Waals surface area contributed by atoms with Gasteiger partial charge in [-0.25, -0.2) is 0 Å². The quantitative estimate of drug-likeness (QED) is 0.694. The van der Waals surface area contributed by atoms with E-state index in [1.54, 1.807) is 18.7 Å². The van der Waals surface area contributed by atoms with Gasteiger partial charge in [-0.1, -0.05) is 52.0 Å². The van der Waals surface area contributed by atoms with Crippen LogP contribution in [-0.4, -0.2) is 17.8 Å². The van der Waals surface area contributed by atoms with Gasteiger partial charge >= 0.3 is 0 Å². The summed E-state index contributed by atoms with van der Waals surface area (Å²) in [5.74, 6) is 1.51. The summed E-state index contributed by atoms with van der Waals surface area (Å²) in [5.41, 5.74) is 2.17. The molecule has 1 N–H and O–H groups in total. The number of thioether (sulfide) groups is 1. The van der Waals surface area contributed by atoms with E-state index >= 15 is 0 Å². The fourth-order valence-corrected chi connectivity index (χ4v) is 3.14. The smallest absolute Gasteiger partial charge is 0.265 e. The van der Waals surface area contributed by atoms with Crippen LogP contribution in [0.2, 0.25) is 0 Å². The first-order chi connectivity index (χ1) is 11.8. The molecule has 3 nitrogen and oxygen atoms in total. The molecule has 1 amide bonds. The first-order valence-electron chi connectivity index (χ1n) is 8.61. The molecule has 25 heavy (non-hydrogen) atoms. The molecule has 2 rings (SSSR count). The SMILES string of the molecule is CCSc1ccccc1NC(=O)[C@H](C)Oc1ccc(C(C)(C)C)cc1. The number of ether oxygens (including phenoxy) is 1. The van der Waals surface area contributed by atoms with Crippen molar-refractivity contribution < 1.29 is 9.53 Å². The van der Waals surface area contributed by atoms with Crippen molar-refractivity contribution >= 4 is 23.4 Å². The summed E-state index contributed by atoms with van der Waals surface area (Å²) in [6.45, 7) is 10.4. The Morgan fingerprint density at radius 1 is 1.12 bits per heavy atom. The molecule has 4 heteroatoms. The molecular weight excluding hydrogens is 330 g/mol. The molecule has 134 valence electrons. The molecule has 0 aliphatic carbocycles. The van der Waals surface area contributed by atoms with Crippen LogP contribution in [-0.2, 0) is 10.2 Å². The zero-order chi connectivity index (χ0) is 18.4. The van der Waals surface area contributed by atoms with Crippen LogP contribution in [0.4, 0.5) is 5.69 Å². The number of para-hydroxylation sites is 1. The second-order valence-electron chi connectivity index (χ2n) is 6.95. The maximum atomic E-state index is 12.5. The van der Waals surface area contributed by atoms with Gasteiger partial charge in [0.15, 0.2) is 6.10 Å². The summed E-state index contributed by atoms with van der Waals surface area (Å²) in [6, 6.07) is 15.8. The van der Waals surface area contributed by atoms with Gasteiger partial charge in [-0.3, -0.25) is 4.79 Å². The van der Waals surface area contributed by atoms with Crippen molar-refractivity contribution in [2.75, 3.05) is 11.1 Å². The fraction of sp³-hybridized carbons (Fsp3) is 0.381. The Morgan fingerprint density at radius 2 is 1.76 bits per heavy atom. The Labute approximate surface area is 155 Å². The predicted molar refractivity (Wildman–Crippen MR) is 107 cm³/mol. The molecule has 0 spiro atoms. The van der Waals surface area contributed by atoms with Crippen molar-refractivity contribution in [3.05, 3.63) is 54.1 Å². The van der Waals surface area contributed by atoms with Gasteiger partial charge < -0.3 is 10.1 Å². The average Bonchev–Trinajstić information content (AvgIpc) is 2.56. The third-order valence-corrected chi connectivity index (χ3v) is 4.80. The summed E-state index contributed by atoms with van der Waals surface area (Å²) in [4.78, 5) is 13.5. The zero-order valence-corrected chi connectivity index (χ0v) is 16.4. The molecular formula is C21H27NO2S. The summed E-state index contributed by atoms with van der Waals surface area (Å²) in [6.07, 6.45) is -0.569. The minimum Gasteiger partial charge on any atom is -0.481 e. The molecule has 2 aromatic rings. The summed E-state index contributed by atoms with van der Waals surface area (Å²) in [7, 11) is 0. The van der Waals surface area contributed by atoms with E-state index in [2.05, 4.69) is 33.0 Å².